The Balaban J connectivity index is 1.85. The number of benzene rings is 1. The minimum atomic E-state index is -0.462. The molecule has 24 heavy (non-hydrogen) atoms. The molecule has 1 fully saturated rings. The van der Waals surface area contributed by atoms with E-state index in [1.54, 1.807) is 11.8 Å². The highest BCUT2D eigenvalue weighted by atomic mass is 32.2. The number of nitrogens with one attached hydrogen (secondary N) is 1. The quantitative estimate of drug-likeness (QED) is 0.750. The smallest absolute Gasteiger partial charge is 0.407 e. The van der Waals surface area contributed by atoms with Crippen molar-refractivity contribution in [3.05, 3.63) is 30.3 Å². The van der Waals surface area contributed by atoms with Crippen molar-refractivity contribution < 1.29 is 9.53 Å². The first-order chi connectivity index (χ1) is 11.4. The molecule has 4 nitrogen and oxygen atoms in total. The molecule has 0 spiro atoms. The summed E-state index contributed by atoms with van der Waals surface area (Å²) in [4.78, 5) is 15.8. The number of hydrogen-bond donors (Lipinski definition) is 1. The lowest BCUT2D eigenvalue weighted by atomic mass is 10.2. The predicted octanol–water partition coefficient (Wildman–Crippen LogP) is 4.16. The van der Waals surface area contributed by atoms with Gasteiger partial charge in [-0.1, -0.05) is 18.2 Å². The van der Waals surface area contributed by atoms with Crippen LogP contribution in [-0.4, -0.2) is 48.0 Å². The highest BCUT2D eigenvalue weighted by molar-refractivity contribution is 7.99. The number of ether oxygens (including phenoxy) is 1. The Hall–Kier alpha value is -1.20. The molecule has 1 aromatic rings. The van der Waals surface area contributed by atoms with Crippen molar-refractivity contribution in [3.8, 4) is 0 Å². The van der Waals surface area contributed by atoms with Crippen LogP contribution in [0.4, 0.5) is 4.79 Å². The standard InChI is InChI=1S/C19H30N2O2S/c1-19(2,3)23-18(22)20-16(11-14-21-12-7-8-13-21)15-24-17-9-5-4-6-10-17/h4-6,9-10,16H,7-8,11-15H2,1-3H3,(H,20,22)/t16-/m1/s1. The van der Waals surface area contributed by atoms with E-state index in [-0.39, 0.29) is 12.1 Å². The molecule has 0 unspecified atom stereocenters. The zero-order chi connectivity index (χ0) is 17.4. The number of likely N-dealkylation sites (tertiary alicyclic amines) is 1. The molecule has 1 aromatic carbocycles. The average Bonchev–Trinajstić information content (AvgIpc) is 3.02. The van der Waals surface area contributed by atoms with Crippen LogP contribution >= 0.6 is 11.8 Å². The summed E-state index contributed by atoms with van der Waals surface area (Å²) in [5, 5.41) is 3.06. The second-order valence-electron chi connectivity index (χ2n) is 7.30. The first-order valence-electron chi connectivity index (χ1n) is 8.82. The highest BCUT2D eigenvalue weighted by Gasteiger charge is 2.21. The van der Waals surface area contributed by atoms with Gasteiger partial charge in [-0.15, -0.1) is 11.8 Å². The zero-order valence-corrected chi connectivity index (χ0v) is 15.9. The number of alkyl carbamates (subject to hydrolysis) is 1. The Morgan fingerprint density at radius 3 is 2.54 bits per heavy atom. The Morgan fingerprint density at radius 1 is 1.25 bits per heavy atom. The number of rotatable bonds is 7. The van der Waals surface area contributed by atoms with Crippen molar-refractivity contribution in [2.45, 2.75) is 56.6 Å². The fourth-order valence-corrected chi connectivity index (χ4v) is 3.72. The molecular formula is C19H30N2O2S. The topological polar surface area (TPSA) is 41.6 Å². The molecule has 0 aliphatic carbocycles. The van der Waals surface area contributed by atoms with Crippen molar-refractivity contribution in [1.82, 2.24) is 10.2 Å². The van der Waals surface area contributed by atoms with E-state index in [4.69, 9.17) is 4.74 Å². The van der Waals surface area contributed by atoms with Crippen LogP contribution in [0.15, 0.2) is 35.2 Å². The fraction of sp³-hybridized carbons (Fsp3) is 0.632. The van der Waals surface area contributed by atoms with Gasteiger partial charge in [-0.2, -0.15) is 0 Å². The summed E-state index contributed by atoms with van der Waals surface area (Å²) in [6.45, 7) is 9.09. The van der Waals surface area contributed by atoms with Crippen molar-refractivity contribution >= 4 is 17.9 Å². The predicted molar refractivity (Wildman–Crippen MR) is 101 cm³/mol. The van der Waals surface area contributed by atoms with Gasteiger partial charge in [0.2, 0.25) is 0 Å². The summed E-state index contributed by atoms with van der Waals surface area (Å²) < 4.78 is 5.42. The van der Waals surface area contributed by atoms with Gasteiger partial charge in [-0.25, -0.2) is 4.79 Å². The van der Waals surface area contributed by atoms with E-state index in [0.717, 1.165) is 18.7 Å². The SMILES string of the molecule is CC(C)(C)OC(=O)N[C@H](CCN1CCCC1)CSc1ccccc1. The van der Waals surface area contributed by atoms with Gasteiger partial charge in [0.15, 0.2) is 0 Å². The molecule has 0 aromatic heterocycles. The van der Waals surface area contributed by atoms with E-state index in [9.17, 15) is 4.79 Å². The fourth-order valence-electron chi connectivity index (χ4n) is 2.73. The Kier molecular flexibility index (Phi) is 7.43. The minimum absolute atomic E-state index is 0.116. The highest BCUT2D eigenvalue weighted by Crippen LogP contribution is 2.20. The number of carbonyl (C=O) groups is 1. The van der Waals surface area contributed by atoms with Gasteiger partial charge in [-0.05, 0) is 65.3 Å². The van der Waals surface area contributed by atoms with Crippen molar-refractivity contribution in [1.29, 1.82) is 0 Å². The number of amides is 1. The Bertz CT molecular complexity index is 496. The molecule has 0 radical (unpaired) electrons. The Morgan fingerprint density at radius 2 is 1.92 bits per heavy atom. The molecule has 1 amide bonds. The van der Waals surface area contributed by atoms with Gasteiger partial charge in [0.25, 0.3) is 0 Å². The van der Waals surface area contributed by atoms with E-state index >= 15 is 0 Å². The van der Waals surface area contributed by atoms with E-state index in [0.29, 0.717) is 0 Å². The lowest BCUT2D eigenvalue weighted by Crippen LogP contribution is -2.42. The van der Waals surface area contributed by atoms with Gasteiger partial charge in [-0.3, -0.25) is 0 Å². The van der Waals surface area contributed by atoms with Crippen molar-refractivity contribution in [2.24, 2.45) is 0 Å². The zero-order valence-electron chi connectivity index (χ0n) is 15.1. The van der Waals surface area contributed by atoms with Crippen LogP contribution in [0.5, 0.6) is 0 Å². The van der Waals surface area contributed by atoms with Crippen LogP contribution in [0.3, 0.4) is 0 Å². The largest absolute Gasteiger partial charge is 0.444 e. The number of nitrogens with zero attached hydrogens (tertiary/aromatic N) is 1. The van der Waals surface area contributed by atoms with E-state index in [1.807, 2.05) is 39.0 Å². The van der Waals surface area contributed by atoms with Crippen LogP contribution in [0, 0.1) is 0 Å². The maximum absolute atomic E-state index is 12.1. The van der Waals surface area contributed by atoms with E-state index < -0.39 is 5.60 Å². The molecule has 1 heterocycles. The van der Waals surface area contributed by atoms with Crippen LogP contribution in [0.1, 0.15) is 40.0 Å². The molecule has 1 saturated heterocycles. The lowest BCUT2D eigenvalue weighted by molar-refractivity contribution is 0.0505. The molecule has 1 aliphatic heterocycles. The van der Waals surface area contributed by atoms with Crippen LogP contribution in [-0.2, 0) is 4.74 Å². The molecule has 1 N–H and O–H groups in total. The van der Waals surface area contributed by atoms with Gasteiger partial charge >= 0.3 is 6.09 Å². The van der Waals surface area contributed by atoms with Crippen molar-refractivity contribution in [2.75, 3.05) is 25.4 Å². The third-order valence-corrected chi connectivity index (χ3v) is 5.08. The van der Waals surface area contributed by atoms with E-state index in [1.165, 1.54) is 30.8 Å². The normalized spacial score (nSPS) is 16.8. The minimum Gasteiger partial charge on any atom is -0.444 e. The van der Waals surface area contributed by atoms with E-state index in [2.05, 4.69) is 22.3 Å². The summed E-state index contributed by atoms with van der Waals surface area (Å²) in [6.07, 6.45) is 3.23. The maximum atomic E-state index is 12.1. The number of hydrogen-bond acceptors (Lipinski definition) is 4. The third kappa shape index (κ3) is 7.58. The third-order valence-electron chi connectivity index (χ3n) is 3.91. The maximum Gasteiger partial charge on any atom is 0.407 e. The summed E-state index contributed by atoms with van der Waals surface area (Å²) in [5.74, 6) is 0.858. The van der Waals surface area contributed by atoms with Crippen molar-refractivity contribution in [3.63, 3.8) is 0 Å². The summed E-state index contributed by atoms with van der Waals surface area (Å²) in [6, 6.07) is 10.4. The second-order valence-corrected chi connectivity index (χ2v) is 8.40. The average molecular weight is 351 g/mol. The van der Waals surface area contributed by atoms with Crippen LogP contribution in [0.25, 0.3) is 0 Å². The van der Waals surface area contributed by atoms with Gasteiger partial charge in [0, 0.05) is 23.2 Å². The molecular weight excluding hydrogens is 320 g/mol. The second kappa shape index (κ2) is 9.33. The molecule has 0 saturated carbocycles. The lowest BCUT2D eigenvalue weighted by Gasteiger charge is -2.25. The molecule has 134 valence electrons. The summed E-state index contributed by atoms with van der Waals surface area (Å²) in [5.41, 5.74) is -0.462. The monoisotopic (exact) mass is 350 g/mol. The molecule has 1 aliphatic rings. The number of thioether (sulfide) groups is 1. The molecule has 0 bridgehead atoms. The molecule has 2 rings (SSSR count). The first kappa shape index (κ1) is 19.1. The Labute approximate surface area is 150 Å². The van der Waals surface area contributed by atoms with Gasteiger partial charge < -0.3 is 15.0 Å². The number of carbonyl (C=O) groups excluding carboxylic acids is 1. The summed E-state index contributed by atoms with van der Waals surface area (Å²) >= 11 is 1.78. The molecule has 5 heteroatoms. The van der Waals surface area contributed by atoms with Gasteiger partial charge in [0.05, 0.1) is 0 Å². The first-order valence-corrected chi connectivity index (χ1v) is 9.81. The van der Waals surface area contributed by atoms with Crippen LogP contribution in [0.2, 0.25) is 0 Å². The molecule has 1 atom stereocenters. The van der Waals surface area contributed by atoms with Gasteiger partial charge in [0.1, 0.15) is 5.60 Å². The summed E-state index contributed by atoms with van der Waals surface area (Å²) in [7, 11) is 0. The van der Waals surface area contributed by atoms with Crippen LogP contribution < -0.4 is 5.32 Å².